The summed E-state index contributed by atoms with van der Waals surface area (Å²) < 4.78 is 5.72. The summed E-state index contributed by atoms with van der Waals surface area (Å²) in [6.45, 7) is 1.85. The molecule has 1 aromatic heterocycles. The molecule has 19 heavy (non-hydrogen) atoms. The second-order valence-corrected chi connectivity index (χ2v) is 4.31. The number of nitrogen functional groups attached to an aromatic ring is 1. The lowest BCUT2D eigenvalue weighted by Crippen LogP contribution is -2.11. The number of rotatable bonds is 4. The average molecular weight is 259 g/mol. The van der Waals surface area contributed by atoms with Crippen LogP contribution in [0.15, 0.2) is 30.3 Å². The molecule has 0 aliphatic rings. The molecule has 0 unspecified atom stereocenters. The van der Waals surface area contributed by atoms with Crippen LogP contribution in [0.25, 0.3) is 0 Å². The van der Waals surface area contributed by atoms with Crippen molar-refractivity contribution >= 4 is 11.6 Å². The molecule has 0 saturated carbocycles. The average Bonchev–Trinajstić information content (AvgIpc) is 2.38. The van der Waals surface area contributed by atoms with Gasteiger partial charge in [0.15, 0.2) is 0 Å². The van der Waals surface area contributed by atoms with Gasteiger partial charge in [0.25, 0.3) is 0 Å². The maximum Gasteiger partial charge on any atom is 0.240 e. The summed E-state index contributed by atoms with van der Waals surface area (Å²) >= 11 is 0. The minimum absolute atomic E-state index is 0.332. The van der Waals surface area contributed by atoms with Crippen molar-refractivity contribution in [1.82, 2.24) is 9.97 Å². The van der Waals surface area contributed by atoms with Crippen LogP contribution in [0.4, 0.5) is 11.6 Å². The van der Waals surface area contributed by atoms with Gasteiger partial charge in [-0.25, -0.2) is 10.8 Å². The zero-order chi connectivity index (χ0) is 13.8. The van der Waals surface area contributed by atoms with Crippen molar-refractivity contribution in [2.45, 2.75) is 6.92 Å². The standard InChI is InChI=1S/C13H17N5O/c1-9-7-12(16-13(15-9)17-14)19-11-6-4-5-10(8-11)18(2)3/h4-8H,14H2,1-3H3,(H,15,16,17). The molecule has 0 aliphatic carbocycles. The fraction of sp³-hybridized carbons (Fsp3) is 0.231. The van der Waals surface area contributed by atoms with E-state index in [0.717, 1.165) is 11.4 Å². The summed E-state index contributed by atoms with van der Waals surface area (Å²) in [6, 6.07) is 9.50. The van der Waals surface area contributed by atoms with Gasteiger partial charge in [-0.3, -0.25) is 5.43 Å². The molecule has 100 valence electrons. The predicted octanol–water partition coefficient (Wildman–Crippen LogP) is 1.93. The monoisotopic (exact) mass is 259 g/mol. The highest BCUT2D eigenvalue weighted by Crippen LogP contribution is 2.24. The number of anilines is 2. The second kappa shape index (κ2) is 5.53. The van der Waals surface area contributed by atoms with Gasteiger partial charge in [0.1, 0.15) is 5.75 Å². The van der Waals surface area contributed by atoms with Crippen molar-refractivity contribution in [3.05, 3.63) is 36.0 Å². The molecule has 6 heteroatoms. The molecule has 0 spiro atoms. The summed E-state index contributed by atoms with van der Waals surface area (Å²) in [4.78, 5) is 10.2. The Labute approximate surface area is 112 Å². The van der Waals surface area contributed by atoms with E-state index in [4.69, 9.17) is 10.6 Å². The SMILES string of the molecule is Cc1cc(Oc2cccc(N(C)C)c2)nc(NN)n1. The summed E-state index contributed by atoms with van der Waals surface area (Å²) in [6.07, 6.45) is 0. The Balaban J connectivity index is 2.25. The number of aromatic nitrogens is 2. The molecule has 0 fully saturated rings. The van der Waals surface area contributed by atoms with Crippen molar-refractivity contribution in [2.24, 2.45) is 5.84 Å². The van der Waals surface area contributed by atoms with E-state index in [-0.39, 0.29) is 0 Å². The van der Waals surface area contributed by atoms with Crippen LogP contribution in [0.5, 0.6) is 11.6 Å². The molecule has 0 atom stereocenters. The van der Waals surface area contributed by atoms with E-state index in [1.54, 1.807) is 6.07 Å². The van der Waals surface area contributed by atoms with Gasteiger partial charge in [-0.05, 0) is 19.1 Å². The molecule has 2 rings (SSSR count). The minimum atomic E-state index is 0.332. The Bertz CT molecular complexity index is 571. The van der Waals surface area contributed by atoms with Crippen LogP contribution >= 0.6 is 0 Å². The smallest absolute Gasteiger partial charge is 0.240 e. The van der Waals surface area contributed by atoms with Gasteiger partial charge in [0.2, 0.25) is 11.8 Å². The molecule has 6 nitrogen and oxygen atoms in total. The van der Waals surface area contributed by atoms with Gasteiger partial charge < -0.3 is 9.64 Å². The molecule has 0 radical (unpaired) electrons. The van der Waals surface area contributed by atoms with E-state index in [9.17, 15) is 0 Å². The van der Waals surface area contributed by atoms with Crippen molar-refractivity contribution in [2.75, 3.05) is 24.4 Å². The van der Waals surface area contributed by atoms with Gasteiger partial charge in [-0.15, -0.1) is 0 Å². The maximum atomic E-state index is 5.72. The predicted molar refractivity (Wildman–Crippen MR) is 75.4 cm³/mol. The first kappa shape index (κ1) is 13.1. The van der Waals surface area contributed by atoms with Crippen LogP contribution in [0, 0.1) is 6.92 Å². The first-order chi connectivity index (χ1) is 9.08. The highest BCUT2D eigenvalue weighted by Gasteiger charge is 2.04. The van der Waals surface area contributed by atoms with E-state index < -0.39 is 0 Å². The van der Waals surface area contributed by atoms with Crippen molar-refractivity contribution < 1.29 is 4.74 Å². The fourth-order valence-corrected chi connectivity index (χ4v) is 1.60. The molecular weight excluding hydrogens is 242 g/mol. The Morgan fingerprint density at radius 3 is 2.68 bits per heavy atom. The lowest BCUT2D eigenvalue weighted by molar-refractivity contribution is 0.461. The molecule has 1 heterocycles. The number of hydrogen-bond donors (Lipinski definition) is 2. The number of hydrogen-bond acceptors (Lipinski definition) is 6. The summed E-state index contributed by atoms with van der Waals surface area (Å²) in [5.74, 6) is 6.81. The van der Waals surface area contributed by atoms with E-state index >= 15 is 0 Å². The van der Waals surface area contributed by atoms with Crippen LogP contribution in [0.3, 0.4) is 0 Å². The number of ether oxygens (including phenoxy) is 1. The van der Waals surface area contributed by atoms with E-state index in [2.05, 4.69) is 15.4 Å². The zero-order valence-electron chi connectivity index (χ0n) is 11.2. The number of benzene rings is 1. The van der Waals surface area contributed by atoms with Gasteiger partial charge >= 0.3 is 0 Å². The molecule has 0 saturated heterocycles. The second-order valence-electron chi connectivity index (χ2n) is 4.31. The summed E-state index contributed by atoms with van der Waals surface area (Å²) in [5, 5.41) is 0. The van der Waals surface area contributed by atoms with Gasteiger partial charge in [0, 0.05) is 37.6 Å². The van der Waals surface area contributed by atoms with Crippen LogP contribution in [0.1, 0.15) is 5.69 Å². The van der Waals surface area contributed by atoms with Crippen LogP contribution in [0.2, 0.25) is 0 Å². The summed E-state index contributed by atoms with van der Waals surface area (Å²) in [7, 11) is 3.95. The number of nitrogens with two attached hydrogens (primary N) is 1. The maximum absolute atomic E-state index is 5.72. The summed E-state index contributed by atoms with van der Waals surface area (Å²) in [5.41, 5.74) is 4.25. The van der Waals surface area contributed by atoms with E-state index in [0.29, 0.717) is 17.6 Å². The molecule has 3 N–H and O–H groups in total. The van der Waals surface area contributed by atoms with Crippen LogP contribution in [-0.4, -0.2) is 24.1 Å². The minimum Gasteiger partial charge on any atom is -0.439 e. The number of aryl methyl sites for hydroxylation is 1. The van der Waals surface area contributed by atoms with Crippen molar-refractivity contribution in [1.29, 1.82) is 0 Å². The topological polar surface area (TPSA) is 76.3 Å². The third kappa shape index (κ3) is 3.32. The number of hydrazine groups is 1. The molecular formula is C13H17N5O. The largest absolute Gasteiger partial charge is 0.439 e. The van der Waals surface area contributed by atoms with Crippen LogP contribution in [-0.2, 0) is 0 Å². The Morgan fingerprint density at radius 1 is 1.21 bits per heavy atom. The molecule has 1 aromatic carbocycles. The van der Waals surface area contributed by atoms with Crippen LogP contribution < -0.4 is 20.9 Å². The highest BCUT2D eigenvalue weighted by molar-refractivity contribution is 5.50. The molecule has 0 amide bonds. The van der Waals surface area contributed by atoms with E-state index in [1.807, 2.05) is 50.2 Å². The number of nitrogens with zero attached hydrogens (tertiary/aromatic N) is 3. The van der Waals surface area contributed by atoms with Crippen molar-refractivity contribution in [3.8, 4) is 11.6 Å². The zero-order valence-corrected chi connectivity index (χ0v) is 11.2. The molecule has 0 aliphatic heterocycles. The lowest BCUT2D eigenvalue weighted by atomic mass is 10.3. The number of nitrogens with one attached hydrogen (secondary N) is 1. The van der Waals surface area contributed by atoms with Gasteiger partial charge in [-0.2, -0.15) is 4.98 Å². The highest BCUT2D eigenvalue weighted by atomic mass is 16.5. The van der Waals surface area contributed by atoms with E-state index in [1.165, 1.54) is 0 Å². The van der Waals surface area contributed by atoms with Gasteiger partial charge in [0.05, 0.1) is 0 Å². The third-order valence-corrected chi connectivity index (χ3v) is 2.52. The lowest BCUT2D eigenvalue weighted by Gasteiger charge is -2.14. The first-order valence-corrected chi connectivity index (χ1v) is 5.86. The quantitative estimate of drug-likeness (QED) is 0.645. The Morgan fingerprint density at radius 2 is 2.00 bits per heavy atom. The Kier molecular flexibility index (Phi) is 3.82. The van der Waals surface area contributed by atoms with Crippen molar-refractivity contribution in [3.63, 3.8) is 0 Å². The van der Waals surface area contributed by atoms with Gasteiger partial charge in [-0.1, -0.05) is 6.07 Å². The first-order valence-electron chi connectivity index (χ1n) is 5.86. The molecule has 2 aromatic rings. The normalized spacial score (nSPS) is 10.1. The third-order valence-electron chi connectivity index (χ3n) is 2.52. The Hall–Kier alpha value is -2.34. The fourth-order valence-electron chi connectivity index (χ4n) is 1.60. The molecule has 0 bridgehead atoms.